The average Bonchev–Trinajstić information content (AvgIpc) is 3.24. The number of amidine groups is 1. The van der Waals surface area contributed by atoms with E-state index in [4.69, 9.17) is 0 Å². The summed E-state index contributed by atoms with van der Waals surface area (Å²) < 4.78 is 0. The number of benzene rings is 2. The number of para-hydroxylation sites is 1. The number of thiophene rings is 1. The van der Waals surface area contributed by atoms with Gasteiger partial charge in [-0.15, -0.1) is 11.3 Å². The third-order valence-electron chi connectivity index (χ3n) is 4.26. The molecule has 0 spiro atoms. The molecular weight excluding hydrogens is 372 g/mol. The fourth-order valence-corrected chi connectivity index (χ4v) is 4.62. The van der Waals surface area contributed by atoms with Gasteiger partial charge in [0.25, 0.3) is 5.91 Å². The fraction of sp³-hybridized carbons (Fsp3) is 0.0909. The molecule has 4 rings (SSSR count). The van der Waals surface area contributed by atoms with E-state index in [1.54, 1.807) is 23.3 Å². The van der Waals surface area contributed by atoms with Crippen LogP contribution in [0.1, 0.15) is 10.4 Å². The summed E-state index contributed by atoms with van der Waals surface area (Å²) in [6.45, 7) is 2.08. The van der Waals surface area contributed by atoms with Gasteiger partial charge in [0, 0.05) is 11.9 Å². The van der Waals surface area contributed by atoms with Crippen LogP contribution in [-0.4, -0.2) is 23.0 Å². The van der Waals surface area contributed by atoms with Crippen LogP contribution in [-0.2, 0) is 4.79 Å². The Morgan fingerprint density at radius 2 is 1.74 bits per heavy atom. The quantitative estimate of drug-likeness (QED) is 0.517. The van der Waals surface area contributed by atoms with Gasteiger partial charge in [0.2, 0.25) is 0 Å². The summed E-state index contributed by atoms with van der Waals surface area (Å²) in [5, 5.41) is 2.83. The van der Waals surface area contributed by atoms with Gasteiger partial charge in [-0.25, -0.2) is 4.99 Å². The van der Waals surface area contributed by atoms with Gasteiger partial charge in [0.15, 0.2) is 5.17 Å². The van der Waals surface area contributed by atoms with Gasteiger partial charge < -0.3 is 0 Å². The summed E-state index contributed by atoms with van der Waals surface area (Å²) in [6, 6.07) is 20.3. The lowest BCUT2D eigenvalue weighted by Gasteiger charge is -2.06. The molecule has 27 heavy (non-hydrogen) atoms. The van der Waals surface area contributed by atoms with Crippen LogP contribution in [0.5, 0.6) is 0 Å². The average molecular weight is 391 g/mol. The molecule has 0 atom stereocenters. The van der Waals surface area contributed by atoms with Crippen molar-refractivity contribution in [3.8, 4) is 11.1 Å². The number of likely N-dealkylation sites (N-methyl/N-ethyl adjacent to an activating group) is 1. The largest absolute Gasteiger partial charge is 0.290 e. The maximum absolute atomic E-state index is 12.6. The number of amides is 1. The van der Waals surface area contributed by atoms with E-state index in [0.29, 0.717) is 10.1 Å². The van der Waals surface area contributed by atoms with Crippen LogP contribution in [0.15, 0.2) is 75.9 Å². The minimum atomic E-state index is -0.0139. The van der Waals surface area contributed by atoms with Gasteiger partial charge in [-0.1, -0.05) is 48.0 Å². The van der Waals surface area contributed by atoms with E-state index in [1.165, 1.54) is 28.5 Å². The maximum atomic E-state index is 12.6. The molecule has 1 aliphatic heterocycles. The molecule has 1 fully saturated rings. The molecular formula is C22H18N2OS2. The molecule has 134 valence electrons. The number of carbonyl (C=O) groups is 1. The van der Waals surface area contributed by atoms with E-state index in [9.17, 15) is 4.79 Å². The first kappa shape index (κ1) is 17.8. The van der Waals surface area contributed by atoms with Crippen LogP contribution in [0.25, 0.3) is 17.2 Å². The second-order valence-electron chi connectivity index (χ2n) is 6.31. The van der Waals surface area contributed by atoms with Crippen LogP contribution in [0.3, 0.4) is 0 Å². The van der Waals surface area contributed by atoms with Crippen molar-refractivity contribution in [1.29, 1.82) is 0 Å². The molecule has 2 heterocycles. The zero-order valence-electron chi connectivity index (χ0n) is 15.0. The van der Waals surface area contributed by atoms with Crippen LogP contribution in [0.4, 0.5) is 5.69 Å². The minimum Gasteiger partial charge on any atom is -0.290 e. The molecule has 0 N–H and O–H groups in total. The molecule has 0 saturated carbocycles. The lowest BCUT2D eigenvalue weighted by molar-refractivity contribution is -0.121. The number of nitrogens with zero attached hydrogens (tertiary/aromatic N) is 2. The predicted octanol–water partition coefficient (Wildman–Crippen LogP) is 5.96. The smallest absolute Gasteiger partial charge is 0.266 e. The van der Waals surface area contributed by atoms with E-state index in [0.717, 1.165) is 10.6 Å². The summed E-state index contributed by atoms with van der Waals surface area (Å²) in [6.07, 6.45) is 1.96. The molecule has 0 aliphatic carbocycles. The molecule has 1 aliphatic rings. The van der Waals surface area contributed by atoms with Crippen molar-refractivity contribution in [1.82, 2.24) is 4.90 Å². The van der Waals surface area contributed by atoms with Crippen molar-refractivity contribution < 1.29 is 4.79 Å². The van der Waals surface area contributed by atoms with Gasteiger partial charge in [0.05, 0.1) is 10.6 Å². The third-order valence-corrected chi connectivity index (χ3v) is 6.20. The number of rotatable bonds is 3. The molecule has 1 saturated heterocycles. The monoisotopic (exact) mass is 390 g/mol. The topological polar surface area (TPSA) is 32.7 Å². The lowest BCUT2D eigenvalue weighted by Crippen LogP contribution is -2.23. The van der Waals surface area contributed by atoms with Gasteiger partial charge in [-0.05, 0) is 59.5 Å². The number of carbonyl (C=O) groups excluding carboxylic acids is 1. The van der Waals surface area contributed by atoms with E-state index >= 15 is 0 Å². The molecule has 0 unspecified atom stereocenters. The molecule has 0 bridgehead atoms. The highest BCUT2D eigenvalue weighted by Gasteiger charge is 2.30. The first-order valence-electron chi connectivity index (χ1n) is 8.57. The Kier molecular flexibility index (Phi) is 4.97. The summed E-state index contributed by atoms with van der Waals surface area (Å²) >= 11 is 3.06. The molecule has 5 heteroatoms. The molecule has 3 aromatic rings. The predicted molar refractivity (Wildman–Crippen MR) is 116 cm³/mol. The van der Waals surface area contributed by atoms with E-state index in [1.807, 2.05) is 36.4 Å². The highest BCUT2D eigenvalue weighted by molar-refractivity contribution is 8.18. The Hall–Kier alpha value is -2.63. The van der Waals surface area contributed by atoms with Crippen LogP contribution >= 0.6 is 23.1 Å². The fourth-order valence-electron chi connectivity index (χ4n) is 2.72. The van der Waals surface area contributed by atoms with E-state index in [-0.39, 0.29) is 5.91 Å². The molecule has 1 amide bonds. The zero-order valence-corrected chi connectivity index (χ0v) is 16.7. The minimum absolute atomic E-state index is 0.0139. The van der Waals surface area contributed by atoms with E-state index in [2.05, 4.69) is 47.6 Å². The number of aliphatic imine (C=N–C) groups is 1. The number of thioether (sulfide) groups is 1. The lowest BCUT2D eigenvalue weighted by atomic mass is 10.1. The molecule has 1 aromatic heterocycles. The van der Waals surface area contributed by atoms with Gasteiger partial charge in [-0.3, -0.25) is 9.69 Å². The normalized spacial score (nSPS) is 17.3. The SMILES string of the molecule is Cc1ccc(-c2csc(/C=C3\SC(=Nc4ccccc4)N(C)C3=O)c2)cc1. The van der Waals surface area contributed by atoms with Crippen LogP contribution < -0.4 is 0 Å². The summed E-state index contributed by atoms with van der Waals surface area (Å²) in [5.74, 6) is -0.0139. The Balaban J connectivity index is 1.58. The second-order valence-corrected chi connectivity index (χ2v) is 8.26. The van der Waals surface area contributed by atoms with Crippen molar-refractivity contribution >= 4 is 45.9 Å². The van der Waals surface area contributed by atoms with Gasteiger partial charge in [0.1, 0.15) is 0 Å². The number of hydrogen-bond donors (Lipinski definition) is 0. The Bertz CT molecular complexity index is 1030. The Morgan fingerprint density at radius 3 is 2.48 bits per heavy atom. The molecule has 2 aromatic carbocycles. The number of hydrogen-bond acceptors (Lipinski definition) is 4. The van der Waals surface area contributed by atoms with E-state index < -0.39 is 0 Å². The summed E-state index contributed by atoms with van der Waals surface area (Å²) in [7, 11) is 1.77. The van der Waals surface area contributed by atoms with Crippen molar-refractivity contribution in [3.63, 3.8) is 0 Å². The molecule has 0 radical (unpaired) electrons. The zero-order chi connectivity index (χ0) is 18.8. The van der Waals surface area contributed by atoms with Crippen LogP contribution in [0, 0.1) is 6.92 Å². The Labute approximate surface area is 167 Å². The van der Waals surface area contributed by atoms with Crippen molar-refractivity contribution in [2.24, 2.45) is 4.99 Å². The standard InChI is InChI=1S/C22H18N2OS2/c1-15-8-10-16(11-9-15)17-12-19(26-14-17)13-20-21(25)24(2)22(27-20)23-18-6-4-3-5-7-18/h3-14H,1-2H3/b20-13-,23-22?. The van der Waals surface area contributed by atoms with Crippen molar-refractivity contribution in [2.75, 3.05) is 7.05 Å². The second kappa shape index (κ2) is 7.55. The summed E-state index contributed by atoms with van der Waals surface area (Å²) in [5.41, 5.74) is 4.46. The third kappa shape index (κ3) is 3.89. The summed E-state index contributed by atoms with van der Waals surface area (Å²) in [4.78, 5) is 20.5. The first-order chi connectivity index (χ1) is 13.1. The molecule has 3 nitrogen and oxygen atoms in total. The Morgan fingerprint density at radius 1 is 1.00 bits per heavy atom. The highest BCUT2D eigenvalue weighted by Crippen LogP contribution is 2.35. The van der Waals surface area contributed by atoms with Crippen molar-refractivity contribution in [2.45, 2.75) is 6.92 Å². The van der Waals surface area contributed by atoms with Crippen LogP contribution in [0.2, 0.25) is 0 Å². The van der Waals surface area contributed by atoms with Crippen molar-refractivity contribution in [3.05, 3.63) is 81.4 Å². The number of aryl methyl sites for hydroxylation is 1. The maximum Gasteiger partial charge on any atom is 0.266 e. The first-order valence-corrected chi connectivity index (χ1v) is 10.3. The van der Waals surface area contributed by atoms with Gasteiger partial charge >= 0.3 is 0 Å². The highest BCUT2D eigenvalue weighted by atomic mass is 32.2. The van der Waals surface area contributed by atoms with Gasteiger partial charge in [-0.2, -0.15) is 0 Å².